The molecule has 3 heteroatoms. The zero-order chi connectivity index (χ0) is 10.5. The van der Waals surface area contributed by atoms with E-state index in [1.807, 2.05) is 24.3 Å². The smallest absolute Gasteiger partial charge is 0.0991 e. The van der Waals surface area contributed by atoms with E-state index in [9.17, 15) is 0 Å². The largest absolute Gasteiger partial charge is 0.382 e. The maximum Gasteiger partial charge on any atom is 0.0991 e. The summed E-state index contributed by atoms with van der Waals surface area (Å²) in [5, 5.41) is 11.9. The van der Waals surface area contributed by atoms with Crippen molar-refractivity contribution in [1.29, 1.82) is 5.26 Å². The molecule has 1 heterocycles. The molecule has 1 aromatic carbocycles. The van der Waals surface area contributed by atoms with Crippen molar-refractivity contribution >= 4 is 5.69 Å². The average molecular weight is 202 g/mol. The van der Waals surface area contributed by atoms with Gasteiger partial charge in [0, 0.05) is 18.8 Å². The highest BCUT2D eigenvalue weighted by atomic mass is 16.5. The Balaban J connectivity index is 1.85. The molecule has 1 atom stereocenters. The standard InChI is InChI=1S/C12H14N2O/c13-8-10-3-5-11(6-4-10)14-9-12-2-1-7-15-12/h3-6,12,14H,1-2,7,9H2. The van der Waals surface area contributed by atoms with E-state index >= 15 is 0 Å². The van der Waals surface area contributed by atoms with E-state index < -0.39 is 0 Å². The van der Waals surface area contributed by atoms with Gasteiger partial charge >= 0.3 is 0 Å². The zero-order valence-electron chi connectivity index (χ0n) is 8.57. The number of rotatable bonds is 3. The number of benzene rings is 1. The predicted molar refractivity (Wildman–Crippen MR) is 58.6 cm³/mol. The molecule has 0 bridgehead atoms. The van der Waals surface area contributed by atoms with Crippen LogP contribution in [0.15, 0.2) is 24.3 Å². The zero-order valence-corrected chi connectivity index (χ0v) is 8.57. The fourth-order valence-corrected chi connectivity index (χ4v) is 1.70. The van der Waals surface area contributed by atoms with Crippen LogP contribution in [0.3, 0.4) is 0 Å². The van der Waals surface area contributed by atoms with Crippen LogP contribution in [0.5, 0.6) is 0 Å². The highest BCUT2D eigenvalue weighted by Gasteiger charge is 2.14. The Labute approximate surface area is 89.7 Å². The summed E-state index contributed by atoms with van der Waals surface area (Å²) in [6, 6.07) is 9.58. The van der Waals surface area contributed by atoms with Crippen LogP contribution < -0.4 is 5.32 Å². The highest BCUT2D eigenvalue weighted by molar-refractivity contribution is 5.47. The summed E-state index contributed by atoms with van der Waals surface area (Å²) >= 11 is 0. The molecule has 1 N–H and O–H groups in total. The molecule has 0 radical (unpaired) electrons. The van der Waals surface area contributed by atoms with E-state index in [-0.39, 0.29) is 0 Å². The van der Waals surface area contributed by atoms with E-state index in [4.69, 9.17) is 10.00 Å². The van der Waals surface area contributed by atoms with Crippen molar-refractivity contribution in [1.82, 2.24) is 0 Å². The first kappa shape index (κ1) is 10.0. The maximum atomic E-state index is 8.64. The molecule has 1 aliphatic rings. The van der Waals surface area contributed by atoms with Crippen molar-refractivity contribution in [3.8, 4) is 6.07 Å². The van der Waals surface area contributed by atoms with Gasteiger partial charge < -0.3 is 10.1 Å². The number of anilines is 1. The molecule has 0 saturated carbocycles. The van der Waals surface area contributed by atoms with Gasteiger partial charge in [-0.3, -0.25) is 0 Å². The maximum absolute atomic E-state index is 8.64. The Morgan fingerprint density at radius 2 is 2.20 bits per heavy atom. The Morgan fingerprint density at radius 3 is 2.80 bits per heavy atom. The van der Waals surface area contributed by atoms with Crippen LogP contribution in [-0.4, -0.2) is 19.3 Å². The average Bonchev–Trinajstić information content (AvgIpc) is 2.80. The minimum Gasteiger partial charge on any atom is -0.382 e. The number of nitrogens with one attached hydrogen (secondary N) is 1. The normalized spacial score (nSPS) is 19.8. The lowest BCUT2D eigenvalue weighted by Crippen LogP contribution is -2.18. The van der Waals surface area contributed by atoms with E-state index in [1.165, 1.54) is 6.42 Å². The number of ether oxygens (including phenoxy) is 1. The van der Waals surface area contributed by atoms with Gasteiger partial charge in [0.05, 0.1) is 17.7 Å². The Morgan fingerprint density at radius 1 is 1.40 bits per heavy atom. The summed E-state index contributed by atoms with van der Waals surface area (Å²) in [5.41, 5.74) is 1.74. The monoisotopic (exact) mass is 202 g/mol. The molecule has 78 valence electrons. The van der Waals surface area contributed by atoms with E-state index in [2.05, 4.69) is 11.4 Å². The van der Waals surface area contributed by atoms with E-state index in [0.717, 1.165) is 25.3 Å². The van der Waals surface area contributed by atoms with Gasteiger partial charge in [-0.05, 0) is 37.1 Å². The quantitative estimate of drug-likeness (QED) is 0.816. The molecule has 1 fully saturated rings. The lowest BCUT2D eigenvalue weighted by molar-refractivity contribution is 0.120. The fourth-order valence-electron chi connectivity index (χ4n) is 1.70. The molecule has 0 spiro atoms. The van der Waals surface area contributed by atoms with Crippen molar-refractivity contribution < 1.29 is 4.74 Å². The molecule has 1 unspecified atom stereocenters. The first-order chi connectivity index (χ1) is 7.38. The third-order valence-corrected chi connectivity index (χ3v) is 2.57. The van der Waals surface area contributed by atoms with Crippen molar-refractivity contribution in [3.63, 3.8) is 0 Å². The first-order valence-electron chi connectivity index (χ1n) is 5.24. The minimum absolute atomic E-state index is 0.348. The van der Waals surface area contributed by atoms with Crippen LogP contribution in [0.1, 0.15) is 18.4 Å². The van der Waals surface area contributed by atoms with Gasteiger partial charge in [-0.15, -0.1) is 0 Å². The van der Waals surface area contributed by atoms with Gasteiger partial charge in [-0.1, -0.05) is 0 Å². The molecular weight excluding hydrogens is 188 g/mol. The summed E-state index contributed by atoms with van der Waals surface area (Å²) in [4.78, 5) is 0. The summed E-state index contributed by atoms with van der Waals surface area (Å²) in [6.45, 7) is 1.74. The molecule has 1 aromatic rings. The van der Waals surface area contributed by atoms with Gasteiger partial charge in [0.15, 0.2) is 0 Å². The summed E-state index contributed by atoms with van der Waals surface area (Å²) in [7, 11) is 0. The summed E-state index contributed by atoms with van der Waals surface area (Å²) < 4.78 is 5.50. The molecule has 0 aromatic heterocycles. The molecule has 0 aliphatic carbocycles. The summed E-state index contributed by atoms with van der Waals surface area (Å²) in [6.07, 6.45) is 2.66. The Kier molecular flexibility index (Phi) is 3.21. The lowest BCUT2D eigenvalue weighted by Gasteiger charge is -2.11. The van der Waals surface area contributed by atoms with Crippen LogP contribution in [-0.2, 0) is 4.74 Å². The molecule has 1 saturated heterocycles. The second-order valence-corrected chi connectivity index (χ2v) is 3.71. The van der Waals surface area contributed by atoms with Crippen LogP contribution in [0.25, 0.3) is 0 Å². The summed E-state index contributed by atoms with van der Waals surface area (Å²) in [5.74, 6) is 0. The van der Waals surface area contributed by atoms with Crippen molar-refractivity contribution in [2.24, 2.45) is 0 Å². The van der Waals surface area contributed by atoms with Gasteiger partial charge in [0.1, 0.15) is 0 Å². The van der Waals surface area contributed by atoms with Crippen LogP contribution >= 0.6 is 0 Å². The number of nitrogens with zero attached hydrogens (tertiary/aromatic N) is 1. The van der Waals surface area contributed by atoms with Crippen LogP contribution in [0.4, 0.5) is 5.69 Å². The minimum atomic E-state index is 0.348. The van der Waals surface area contributed by atoms with Crippen LogP contribution in [0, 0.1) is 11.3 Å². The molecule has 0 amide bonds. The van der Waals surface area contributed by atoms with Crippen LogP contribution in [0.2, 0.25) is 0 Å². The number of nitriles is 1. The second kappa shape index (κ2) is 4.81. The Hall–Kier alpha value is -1.53. The van der Waals surface area contributed by atoms with Gasteiger partial charge in [-0.25, -0.2) is 0 Å². The van der Waals surface area contributed by atoms with E-state index in [0.29, 0.717) is 11.7 Å². The van der Waals surface area contributed by atoms with Crippen molar-refractivity contribution in [2.45, 2.75) is 18.9 Å². The molecule has 3 nitrogen and oxygen atoms in total. The molecule has 2 rings (SSSR count). The van der Waals surface area contributed by atoms with Gasteiger partial charge in [-0.2, -0.15) is 5.26 Å². The third-order valence-electron chi connectivity index (χ3n) is 2.57. The second-order valence-electron chi connectivity index (χ2n) is 3.71. The topological polar surface area (TPSA) is 45.0 Å². The van der Waals surface area contributed by atoms with Crippen molar-refractivity contribution in [2.75, 3.05) is 18.5 Å². The fraction of sp³-hybridized carbons (Fsp3) is 0.417. The van der Waals surface area contributed by atoms with Gasteiger partial charge in [0.25, 0.3) is 0 Å². The molecule has 15 heavy (non-hydrogen) atoms. The van der Waals surface area contributed by atoms with Gasteiger partial charge in [0.2, 0.25) is 0 Å². The Bertz CT molecular complexity index is 347. The highest BCUT2D eigenvalue weighted by Crippen LogP contribution is 2.14. The number of hydrogen-bond acceptors (Lipinski definition) is 3. The number of hydrogen-bond donors (Lipinski definition) is 1. The lowest BCUT2D eigenvalue weighted by atomic mass is 10.2. The third kappa shape index (κ3) is 2.71. The van der Waals surface area contributed by atoms with E-state index in [1.54, 1.807) is 0 Å². The molecule has 1 aliphatic heterocycles. The SMILES string of the molecule is N#Cc1ccc(NCC2CCCO2)cc1. The van der Waals surface area contributed by atoms with Crippen molar-refractivity contribution in [3.05, 3.63) is 29.8 Å². The first-order valence-corrected chi connectivity index (χ1v) is 5.24. The predicted octanol–water partition coefficient (Wildman–Crippen LogP) is 2.15. The molecular formula is C12H14N2O.